The van der Waals surface area contributed by atoms with Crippen molar-refractivity contribution in [1.29, 1.82) is 0 Å². The summed E-state index contributed by atoms with van der Waals surface area (Å²) in [7, 11) is 0. The second-order valence-electron chi connectivity index (χ2n) is 4.31. The van der Waals surface area contributed by atoms with Crippen molar-refractivity contribution in [3.63, 3.8) is 0 Å². The van der Waals surface area contributed by atoms with Crippen molar-refractivity contribution in [3.05, 3.63) is 0 Å². The Bertz CT molecular complexity index is 104. The Morgan fingerprint density at radius 2 is 1.43 bits per heavy atom. The molecule has 0 atom stereocenters. The van der Waals surface area contributed by atoms with Crippen LogP contribution in [0.3, 0.4) is 0 Å². The van der Waals surface area contributed by atoms with Gasteiger partial charge in [-0.25, -0.2) is 0 Å². The number of piperidine rings is 2. The molecule has 2 fully saturated rings. The molecule has 2 aliphatic rings. The zero-order valence-corrected chi connectivity index (χ0v) is 9.73. The zero-order valence-electron chi connectivity index (χ0n) is 9.73. The third-order valence-electron chi connectivity index (χ3n) is 3.10. The van der Waals surface area contributed by atoms with E-state index in [9.17, 15) is 0 Å². The predicted octanol–water partition coefficient (Wildman–Crippen LogP) is 2.25. The molecule has 0 spiro atoms. The summed E-state index contributed by atoms with van der Waals surface area (Å²) in [6.45, 7) is 8.68. The smallest absolute Gasteiger partial charge is 0.00188 e. The highest BCUT2D eigenvalue weighted by Crippen LogP contribution is 2.06. The average Bonchev–Trinajstić information content (AvgIpc) is 2.33. The fourth-order valence-corrected chi connectivity index (χ4v) is 2.08. The van der Waals surface area contributed by atoms with Crippen molar-refractivity contribution < 1.29 is 0 Å². The van der Waals surface area contributed by atoms with Gasteiger partial charge in [0.15, 0.2) is 0 Å². The number of nitrogens with one attached hydrogen (secondary N) is 1. The van der Waals surface area contributed by atoms with Crippen molar-refractivity contribution in [3.8, 4) is 0 Å². The molecule has 0 bridgehead atoms. The van der Waals surface area contributed by atoms with E-state index in [-0.39, 0.29) is 0 Å². The SMILES string of the molecule is C1CCNCC1.CCN1CCCCC1. The van der Waals surface area contributed by atoms with Gasteiger partial charge in [-0.1, -0.05) is 19.8 Å². The first kappa shape index (κ1) is 12.0. The van der Waals surface area contributed by atoms with Crippen LogP contribution < -0.4 is 5.32 Å². The lowest BCUT2D eigenvalue weighted by atomic mass is 10.1. The summed E-state index contributed by atoms with van der Waals surface area (Å²) in [4.78, 5) is 2.52. The van der Waals surface area contributed by atoms with Crippen LogP contribution in [-0.2, 0) is 0 Å². The minimum Gasteiger partial charge on any atom is -0.317 e. The Labute approximate surface area is 89.1 Å². The molecule has 84 valence electrons. The fraction of sp³-hybridized carbons (Fsp3) is 1.00. The topological polar surface area (TPSA) is 15.3 Å². The Hall–Kier alpha value is -0.0800. The third-order valence-corrected chi connectivity index (χ3v) is 3.10. The normalized spacial score (nSPS) is 23.8. The molecule has 1 N–H and O–H groups in total. The molecule has 0 aliphatic carbocycles. The first-order chi connectivity index (χ1) is 6.93. The number of nitrogens with zero attached hydrogens (tertiary/aromatic N) is 1. The maximum Gasteiger partial charge on any atom is -0.00188 e. The quantitative estimate of drug-likeness (QED) is 0.695. The average molecular weight is 198 g/mol. The van der Waals surface area contributed by atoms with Crippen LogP contribution in [0.2, 0.25) is 0 Å². The molecule has 2 heterocycles. The van der Waals surface area contributed by atoms with Crippen LogP contribution in [0.15, 0.2) is 0 Å². The highest BCUT2D eigenvalue weighted by atomic mass is 15.1. The van der Waals surface area contributed by atoms with E-state index in [1.165, 1.54) is 71.2 Å². The van der Waals surface area contributed by atoms with E-state index in [4.69, 9.17) is 0 Å². The maximum absolute atomic E-state index is 3.28. The van der Waals surface area contributed by atoms with Crippen molar-refractivity contribution in [1.82, 2.24) is 10.2 Å². The zero-order chi connectivity index (χ0) is 10.1. The summed E-state index contributed by atoms with van der Waals surface area (Å²) in [5, 5.41) is 3.28. The number of hydrogen-bond acceptors (Lipinski definition) is 2. The van der Waals surface area contributed by atoms with Gasteiger partial charge < -0.3 is 10.2 Å². The van der Waals surface area contributed by atoms with Gasteiger partial charge >= 0.3 is 0 Å². The molecule has 2 nitrogen and oxygen atoms in total. The number of likely N-dealkylation sites (tertiary alicyclic amines) is 1. The van der Waals surface area contributed by atoms with Crippen LogP contribution in [-0.4, -0.2) is 37.6 Å². The minimum atomic E-state index is 1.25. The Morgan fingerprint density at radius 3 is 1.71 bits per heavy atom. The molecule has 0 unspecified atom stereocenters. The third kappa shape index (κ3) is 5.61. The van der Waals surface area contributed by atoms with Crippen LogP contribution >= 0.6 is 0 Å². The van der Waals surface area contributed by atoms with Gasteiger partial charge in [0.05, 0.1) is 0 Å². The van der Waals surface area contributed by atoms with Crippen LogP contribution in [0, 0.1) is 0 Å². The lowest BCUT2D eigenvalue weighted by Gasteiger charge is -2.24. The lowest BCUT2D eigenvalue weighted by Crippen LogP contribution is -2.29. The van der Waals surface area contributed by atoms with E-state index in [0.717, 1.165) is 0 Å². The van der Waals surface area contributed by atoms with Gasteiger partial charge in [-0.05, 0) is 58.4 Å². The molecule has 0 saturated carbocycles. The maximum atomic E-state index is 3.28. The van der Waals surface area contributed by atoms with Crippen LogP contribution in [0.25, 0.3) is 0 Å². The summed E-state index contributed by atoms with van der Waals surface area (Å²) < 4.78 is 0. The summed E-state index contributed by atoms with van der Waals surface area (Å²) >= 11 is 0. The molecule has 2 aliphatic heterocycles. The van der Waals surface area contributed by atoms with Gasteiger partial charge in [-0.3, -0.25) is 0 Å². The van der Waals surface area contributed by atoms with Gasteiger partial charge in [0, 0.05) is 0 Å². The van der Waals surface area contributed by atoms with Crippen LogP contribution in [0.1, 0.15) is 45.4 Å². The lowest BCUT2D eigenvalue weighted by molar-refractivity contribution is 0.240. The summed E-state index contributed by atoms with van der Waals surface area (Å²) in [6, 6.07) is 0. The molecular weight excluding hydrogens is 172 g/mol. The van der Waals surface area contributed by atoms with Gasteiger partial charge in [0.2, 0.25) is 0 Å². The molecule has 0 aromatic heterocycles. The fourth-order valence-electron chi connectivity index (χ4n) is 2.08. The van der Waals surface area contributed by atoms with E-state index in [0.29, 0.717) is 0 Å². The van der Waals surface area contributed by atoms with Gasteiger partial charge in [-0.2, -0.15) is 0 Å². The molecule has 0 aromatic carbocycles. The molecule has 0 radical (unpaired) electrons. The van der Waals surface area contributed by atoms with Gasteiger partial charge in [0.1, 0.15) is 0 Å². The summed E-state index contributed by atoms with van der Waals surface area (Å²) in [6.07, 6.45) is 8.52. The van der Waals surface area contributed by atoms with E-state index < -0.39 is 0 Å². The molecular formula is C12H26N2. The molecule has 14 heavy (non-hydrogen) atoms. The monoisotopic (exact) mass is 198 g/mol. The molecule has 0 aromatic rings. The van der Waals surface area contributed by atoms with E-state index in [1.807, 2.05) is 0 Å². The summed E-state index contributed by atoms with van der Waals surface area (Å²) in [5.74, 6) is 0. The number of rotatable bonds is 1. The van der Waals surface area contributed by atoms with Crippen LogP contribution in [0.4, 0.5) is 0 Å². The van der Waals surface area contributed by atoms with Gasteiger partial charge in [0.25, 0.3) is 0 Å². The Kier molecular flexibility index (Phi) is 7.06. The molecule has 2 rings (SSSR count). The second-order valence-corrected chi connectivity index (χ2v) is 4.31. The van der Waals surface area contributed by atoms with Gasteiger partial charge in [-0.15, -0.1) is 0 Å². The molecule has 2 saturated heterocycles. The van der Waals surface area contributed by atoms with E-state index >= 15 is 0 Å². The van der Waals surface area contributed by atoms with Crippen molar-refractivity contribution in [2.75, 3.05) is 32.7 Å². The van der Waals surface area contributed by atoms with Crippen molar-refractivity contribution in [2.24, 2.45) is 0 Å². The molecule has 2 heteroatoms. The van der Waals surface area contributed by atoms with E-state index in [2.05, 4.69) is 17.1 Å². The second kappa shape index (κ2) is 8.25. The largest absolute Gasteiger partial charge is 0.317 e. The first-order valence-corrected chi connectivity index (χ1v) is 6.36. The first-order valence-electron chi connectivity index (χ1n) is 6.36. The standard InChI is InChI=1S/C7H15N.C5H11N/c1-2-8-6-4-3-5-7-8;1-2-4-6-5-3-1/h2-7H2,1H3;6H,1-5H2. The number of hydrogen-bond donors (Lipinski definition) is 1. The van der Waals surface area contributed by atoms with Crippen LogP contribution in [0.5, 0.6) is 0 Å². The molecule has 0 amide bonds. The van der Waals surface area contributed by atoms with Crippen molar-refractivity contribution >= 4 is 0 Å². The van der Waals surface area contributed by atoms with Crippen molar-refractivity contribution in [2.45, 2.75) is 45.4 Å². The minimum absolute atomic E-state index is 1.25. The predicted molar refractivity (Wildman–Crippen MR) is 62.7 cm³/mol. The highest BCUT2D eigenvalue weighted by molar-refractivity contribution is 4.61. The Balaban J connectivity index is 0.000000146. The summed E-state index contributed by atoms with van der Waals surface area (Å²) in [5.41, 5.74) is 0. The van der Waals surface area contributed by atoms with E-state index in [1.54, 1.807) is 0 Å². The highest BCUT2D eigenvalue weighted by Gasteiger charge is 2.05. The Morgan fingerprint density at radius 1 is 0.857 bits per heavy atom.